The van der Waals surface area contributed by atoms with Gasteiger partial charge >= 0.3 is 5.97 Å². The number of carbonyl (C=O) groups is 2. The number of rotatable bonds is 7. The molecule has 0 aliphatic heterocycles. The van der Waals surface area contributed by atoms with Crippen molar-refractivity contribution in [2.45, 2.75) is 38.3 Å². The van der Waals surface area contributed by atoms with Crippen LogP contribution in [0.4, 0.5) is 0 Å². The average Bonchev–Trinajstić information content (AvgIpc) is 2.17. The van der Waals surface area contributed by atoms with E-state index in [2.05, 4.69) is 5.32 Å². The zero-order valence-electron chi connectivity index (χ0n) is 8.90. The van der Waals surface area contributed by atoms with Gasteiger partial charge in [-0.1, -0.05) is 6.42 Å². The molecule has 0 aliphatic carbocycles. The van der Waals surface area contributed by atoms with Gasteiger partial charge in [-0.3, -0.25) is 9.59 Å². The van der Waals surface area contributed by atoms with Gasteiger partial charge in [0, 0.05) is 0 Å². The van der Waals surface area contributed by atoms with Gasteiger partial charge in [-0.15, -0.1) is 0 Å². The molecule has 0 heterocycles. The lowest BCUT2D eigenvalue weighted by atomic mass is 10.1. The van der Waals surface area contributed by atoms with Crippen molar-refractivity contribution in [1.29, 1.82) is 0 Å². The van der Waals surface area contributed by atoms with Crippen LogP contribution < -0.4 is 16.8 Å². The van der Waals surface area contributed by atoms with E-state index in [9.17, 15) is 9.59 Å². The largest absolute Gasteiger partial charge is 0.480 e. The van der Waals surface area contributed by atoms with Crippen LogP contribution in [0, 0.1) is 0 Å². The molecule has 2 atom stereocenters. The fourth-order valence-corrected chi connectivity index (χ4v) is 1.02. The van der Waals surface area contributed by atoms with Crippen LogP contribution in [0.3, 0.4) is 0 Å². The number of carbonyl (C=O) groups excluding carboxylic acids is 1. The molecule has 0 radical (unpaired) electrons. The molecule has 0 rings (SSSR count). The molecule has 6 N–H and O–H groups in total. The molecule has 0 fully saturated rings. The van der Waals surface area contributed by atoms with Crippen molar-refractivity contribution in [1.82, 2.24) is 5.32 Å². The number of hydrogen-bond donors (Lipinski definition) is 4. The minimum Gasteiger partial charge on any atom is -0.480 e. The topological polar surface area (TPSA) is 118 Å². The van der Waals surface area contributed by atoms with Gasteiger partial charge in [0.05, 0.1) is 6.04 Å². The average molecular weight is 217 g/mol. The number of carboxylic acid groups (broad SMARTS) is 1. The highest BCUT2D eigenvalue weighted by molar-refractivity contribution is 5.86. The van der Waals surface area contributed by atoms with Crippen molar-refractivity contribution < 1.29 is 14.7 Å². The summed E-state index contributed by atoms with van der Waals surface area (Å²) in [5, 5.41) is 10.9. The van der Waals surface area contributed by atoms with E-state index in [0.29, 0.717) is 13.0 Å². The van der Waals surface area contributed by atoms with Gasteiger partial charge in [-0.25, -0.2) is 0 Å². The zero-order chi connectivity index (χ0) is 11.8. The Bertz CT molecular complexity index is 221. The first kappa shape index (κ1) is 13.9. The Morgan fingerprint density at radius 2 is 2.00 bits per heavy atom. The molecule has 6 heteroatoms. The molecule has 1 amide bonds. The molecular weight excluding hydrogens is 198 g/mol. The first-order chi connectivity index (χ1) is 6.99. The SMILES string of the molecule is C[C@H](NC(=O)[C@H](N)CCCCN)C(=O)O. The van der Waals surface area contributed by atoms with Crippen LogP contribution in [-0.2, 0) is 9.59 Å². The Hall–Kier alpha value is -1.14. The third-order valence-corrected chi connectivity index (χ3v) is 2.04. The zero-order valence-corrected chi connectivity index (χ0v) is 8.90. The van der Waals surface area contributed by atoms with E-state index in [0.717, 1.165) is 12.8 Å². The third-order valence-electron chi connectivity index (χ3n) is 2.04. The van der Waals surface area contributed by atoms with Crippen LogP contribution in [0.15, 0.2) is 0 Å². The summed E-state index contributed by atoms with van der Waals surface area (Å²) in [5.74, 6) is -1.50. The van der Waals surface area contributed by atoms with Crippen LogP contribution in [0.25, 0.3) is 0 Å². The van der Waals surface area contributed by atoms with E-state index in [4.69, 9.17) is 16.6 Å². The molecule has 0 aromatic rings. The van der Waals surface area contributed by atoms with E-state index in [1.54, 1.807) is 0 Å². The van der Waals surface area contributed by atoms with Crippen molar-refractivity contribution in [3.63, 3.8) is 0 Å². The third kappa shape index (κ3) is 6.03. The molecule has 0 aliphatic rings. The molecule has 15 heavy (non-hydrogen) atoms. The van der Waals surface area contributed by atoms with Gasteiger partial charge in [0.1, 0.15) is 6.04 Å². The highest BCUT2D eigenvalue weighted by Gasteiger charge is 2.18. The molecule has 0 saturated carbocycles. The molecule has 88 valence electrons. The molecule has 0 saturated heterocycles. The number of amides is 1. The molecule has 6 nitrogen and oxygen atoms in total. The lowest BCUT2D eigenvalue weighted by Crippen LogP contribution is -2.47. The molecule has 0 aromatic carbocycles. The number of carboxylic acids is 1. The summed E-state index contributed by atoms with van der Waals surface area (Å²) in [4.78, 5) is 21.8. The van der Waals surface area contributed by atoms with Crippen LogP contribution >= 0.6 is 0 Å². The summed E-state index contributed by atoms with van der Waals surface area (Å²) in [7, 11) is 0. The predicted octanol–water partition coefficient (Wildman–Crippen LogP) is -0.968. The quantitative estimate of drug-likeness (QED) is 0.409. The van der Waals surface area contributed by atoms with Crippen molar-refractivity contribution in [3.05, 3.63) is 0 Å². The van der Waals surface area contributed by atoms with Crippen LogP contribution in [0.5, 0.6) is 0 Å². The highest BCUT2D eigenvalue weighted by Crippen LogP contribution is 1.98. The summed E-state index contributed by atoms with van der Waals surface area (Å²) in [5.41, 5.74) is 10.9. The van der Waals surface area contributed by atoms with Crippen molar-refractivity contribution in [2.75, 3.05) is 6.54 Å². The fraction of sp³-hybridized carbons (Fsp3) is 0.778. The first-order valence-corrected chi connectivity index (χ1v) is 4.98. The fourth-order valence-electron chi connectivity index (χ4n) is 1.02. The standard InChI is InChI=1S/C9H19N3O3/c1-6(9(14)15)12-8(13)7(11)4-2-3-5-10/h6-7H,2-5,10-11H2,1H3,(H,12,13)(H,14,15)/t6-,7+/m0/s1. The van der Waals surface area contributed by atoms with Gasteiger partial charge in [-0.2, -0.15) is 0 Å². The maximum Gasteiger partial charge on any atom is 0.325 e. The Labute approximate surface area is 89.0 Å². The van der Waals surface area contributed by atoms with Crippen LogP contribution in [0.1, 0.15) is 26.2 Å². The highest BCUT2D eigenvalue weighted by atomic mass is 16.4. The van der Waals surface area contributed by atoms with Gasteiger partial charge in [0.2, 0.25) is 5.91 Å². The van der Waals surface area contributed by atoms with E-state index < -0.39 is 24.0 Å². The second-order valence-electron chi connectivity index (χ2n) is 3.46. The maximum atomic E-state index is 11.3. The Kier molecular flexibility index (Phi) is 6.64. The molecule has 0 bridgehead atoms. The van der Waals surface area contributed by atoms with Gasteiger partial charge in [-0.05, 0) is 26.3 Å². The summed E-state index contributed by atoms with van der Waals surface area (Å²) in [6.07, 6.45) is 2.11. The summed E-state index contributed by atoms with van der Waals surface area (Å²) < 4.78 is 0. The summed E-state index contributed by atoms with van der Waals surface area (Å²) in [6.45, 7) is 1.96. The number of nitrogens with two attached hydrogens (primary N) is 2. The number of unbranched alkanes of at least 4 members (excludes halogenated alkanes) is 1. The second-order valence-corrected chi connectivity index (χ2v) is 3.46. The minimum absolute atomic E-state index is 0.429. The van der Waals surface area contributed by atoms with Crippen molar-refractivity contribution in [3.8, 4) is 0 Å². The van der Waals surface area contributed by atoms with Crippen LogP contribution in [0.2, 0.25) is 0 Å². The normalized spacial score (nSPS) is 14.3. The molecule has 0 aromatic heterocycles. The van der Waals surface area contributed by atoms with Gasteiger partial charge < -0.3 is 21.9 Å². The van der Waals surface area contributed by atoms with Gasteiger partial charge in [0.25, 0.3) is 0 Å². The van der Waals surface area contributed by atoms with E-state index in [1.807, 2.05) is 0 Å². The molecular formula is C9H19N3O3. The maximum absolute atomic E-state index is 11.3. The molecule has 0 unspecified atom stereocenters. The number of nitrogens with one attached hydrogen (secondary N) is 1. The van der Waals surface area contributed by atoms with Gasteiger partial charge in [0.15, 0.2) is 0 Å². The van der Waals surface area contributed by atoms with E-state index in [1.165, 1.54) is 6.92 Å². The Balaban J connectivity index is 3.83. The lowest BCUT2D eigenvalue weighted by molar-refractivity contribution is -0.141. The number of hydrogen-bond acceptors (Lipinski definition) is 4. The first-order valence-electron chi connectivity index (χ1n) is 4.98. The summed E-state index contributed by atoms with van der Waals surface area (Å²) >= 11 is 0. The van der Waals surface area contributed by atoms with Crippen LogP contribution in [-0.4, -0.2) is 35.6 Å². The lowest BCUT2D eigenvalue weighted by Gasteiger charge is -2.14. The predicted molar refractivity (Wildman–Crippen MR) is 56.1 cm³/mol. The van der Waals surface area contributed by atoms with Crippen molar-refractivity contribution >= 4 is 11.9 Å². The number of aliphatic carboxylic acids is 1. The Morgan fingerprint density at radius 1 is 1.40 bits per heavy atom. The smallest absolute Gasteiger partial charge is 0.325 e. The second kappa shape index (κ2) is 7.19. The summed E-state index contributed by atoms with van der Waals surface area (Å²) in [6, 6.07) is -1.56. The van der Waals surface area contributed by atoms with E-state index >= 15 is 0 Å². The Morgan fingerprint density at radius 3 is 2.47 bits per heavy atom. The van der Waals surface area contributed by atoms with Crippen molar-refractivity contribution in [2.24, 2.45) is 11.5 Å². The molecule has 0 spiro atoms. The van der Waals surface area contributed by atoms with E-state index in [-0.39, 0.29) is 0 Å². The monoisotopic (exact) mass is 217 g/mol. The minimum atomic E-state index is -1.07.